The molecule has 74 heavy (non-hydrogen) atoms. The second-order valence-electron chi connectivity index (χ2n) is 17.6. The largest absolute Gasteiger partial charge is 0.481 e. The Balaban J connectivity index is 1.48. The Labute approximate surface area is 435 Å². The third kappa shape index (κ3) is 25.7. The summed E-state index contributed by atoms with van der Waals surface area (Å²) in [5.74, 6) is -8.14. The van der Waals surface area contributed by atoms with E-state index in [4.69, 9.17) is 5.11 Å². The van der Waals surface area contributed by atoms with E-state index in [0.717, 1.165) is 5.56 Å². The van der Waals surface area contributed by atoms with Crippen molar-refractivity contribution in [2.24, 2.45) is 0 Å². The lowest BCUT2D eigenvalue weighted by molar-refractivity contribution is -0.141. The number of benzene rings is 1. The Morgan fingerprint density at radius 1 is 0.568 bits per heavy atom. The Morgan fingerprint density at radius 3 is 1.54 bits per heavy atom. The van der Waals surface area contributed by atoms with Crippen molar-refractivity contribution in [1.82, 2.24) is 50.8 Å². The Hall–Kier alpha value is -6.81. The fourth-order valence-electron chi connectivity index (χ4n) is 7.69. The highest BCUT2D eigenvalue weighted by Crippen LogP contribution is 2.14. The van der Waals surface area contributed by atoms with Crippen LogP contribution < -0.4 is 21.3 Å². The standard InChI is InChI=1S/C47H67BrN10O16/c48-37-13-9-33(26-50-37)27-58(16-4-2-5-35(45(70)71)52-47(74)53-36(46(72)73)12-14-40(61)62)39(60)6-1-3-15-49-44(69)34-10-7-32(8-11-34)25-51-38(59)28-54-17-19-55(29-41(63)64)21-23-57(31-43(67)68)24-22-56(20-18-54)30-42(65)66/h7-11,13,26,35-36H,1-6,12,14-25,27-31H2,(H,49,69)(H,51,59)(H,61,62)(H,63,64)(H,65,66)(H,67,68)(H,70,71)(H,72,73)(H2,52,53,74)/t35-,36-/m1/s1. The van der Waals surface area contributed by atoms with Gasteiger partial charge in [0.2, 0.25) is 11.8 Å². The molecule has 0 bridgehead atoms. The zero-order valence-corrected chi connectivity index (χ0v) is 42.6. The molecule has 5 amide bonds. The van der Waals surface area contributed by atoms with Gasteiger partial charge in [-0.15, -0.1) is 0 Å². The van der Waals surface area contributed by atoms with Crippen LogP contribution in [0.1, 0.15) is 72.9 Å². The number of carbonyl (C=O) groups is 10. The molecule has 27 heteroatoms. The van der Waals surface area contributed by atoms with Crippen LogP contribution in [-0.2, 0) is 51.4 Å². The zero-order valence-electron chi connectivity index (χ0n) is 41.0. The summed E-state index contributed by atoms with van der Waals surface area (Å²) >= 11 is 3.29. The summed E-state index contributed by atoms with van der Waals surface area (Å²) < 4.78 is 0.601. The van der Waals surface area contributed by atoms with Crippen LogP contribution in [0.5, 0.6) is 0 Å². The van der Waals surface area contributed by atoms with E-state index >= 15 is 0 Å². The molecular formula is C47H67BrN10O16. The van der Waals surface area contributed by atoms with Gasteiger partial charge in [0.15, 0.2) is 0 Å². The highest BCUT2D eigenvalue weighted by Gasteiger charge is 2.26. The molecule has 0 spiro atoms. The molecule has 1 aliphatic rings. The lowest BCUT2D eigenvalue weighted by atomic mass is 10.1. The number of pyridine rings is 1. The lowest BCUT2D eigenvalue weighted by Gasteiger charge is -2.32. The lowest BCUT2D eigenvalue weighted by Crippen LogP contribution is -2.51. The van der Waals surface area contributed by atoms with Crippen LogP contribution in [0.15, 0.2) is 47.2 Å². The Bertz CT molecular complexity index is 2170. The van der Waals surface area contributed by atoms with Crippen LogP contribution in [0.3, 0.4) is 0 Å². The van der Waals surface area contributed by atoms with Gasteiger partial charge in [-0.05, 0) is 83.8 Å². The first-order valence-corrected chi connectivity index (χ1v) is 24.8. The molecule has 2 aromatic rings. The van der Waals surface area contributed by atoms with Crippen molar-refractivity contribution in [1.29, 1.82) is 0 Å². The highest BCUT2D eigenvalue weighted by atomic mass is 79.9. The summed E-state index contributed by atoms with van der Waals surface area (Å²) in [6, 6.07) is 6.12. The number of aliphatic carboxylic acids is 6. The SMILES string of the molecule is O=C(O)CC[C@@H](NC(=O)N[C@H](CCCCN(Cc1ccc(Br)nc1)C(=O)CCCCNC(=O)c1ccc(CNC(=O)CN2CCN(CC(=O)O)CCN(CC(=O)O)CCN(CC(=O)O)CC2)cc1)C(=O)O)C(=O)O. The van der Waals surface area contributed by atoms with Gasteiger partial charge in [-0.3, -0.25) is 53.2 Å². The number of hydrogen-bond acceptors (Lipinski definition) is 15. The second-order valence-corrected chi connectivity index (χ2v) is 18.4. The highest BCUT2D eigenvalue weighted by molar-refractivity contribution is 9.10. The topological polar surface area (TPSA) is 369 Å². The van der Waals surface area contributed by atoms with Crippen molar-refractivity contribution in [3.8, 4) is 0 Å². The van der Waals surface area contributed by atoms with Crippen LogP contribution in [-0.4, -0.2) is 223 Å². The van der Waals surface area contributed by atoms with Crippen molar-refractivity contribution in [2.75, 3.05) is 91.6 Å². The minimum atomic E-state index is -1.54. The number of amides is 5. The summed E-state index contributed by atoms with van der Waals surface area (Å²) in [5.41, 5.74) is 1.82. The molecule has 0 aliphatic carbocycles. The molecule has 0 radical (unpaired) electrons. The average Bonchev–Trinajstić information content (AvgIpc) is 3.33. The van der Waals surface area contributed by atoms with E-state index in [0.29, 0.717) is 35.0 Å². The first-order chi connectivity index (χ1) is 35.2. The van der Waals surface area contributed by atoms with Crippen molar-refractivity contribution < 1.29 is 78.6 Å². The summed E-state index contributed by atoms with van der Waals surface area (Å²) in [5, 5.41) is 66.2. The maximum atomic E-state index is 13.5. The van der Waals surface area contributed by atoms with Crippen molar-refractivity contribution >= 4 is 75.5 Å². The van der Waals surface area contributed by atoms with Gasteiger partial charge in [-0.2, -0.15) is 0 Å². The molecule has 26 nitrogen and oxygen atoms in total. The van der Waals surface area contributed by atoms with Gasteiger partial charge in [-0.1, -0.05) is 18.2 Å². The first kappa shape index (κ1) is 61.5. The van der Waals surface area contributed by atoms with E-state index in [2.05, 4.69) is 42.2 Å². The second kappa shape index (κ2) is 33.1. The molecule has 0 saturated carbocycles. The summed E-state index contributed by atoms with van der Waals surface area (Å²) in [7, 11) is 0. The number of unbranched alkanes of at least 4 members (excludes halogenated alkanes) is 2. The van der Waals surface area contributed by atoms with Gasteiger partial charge in [0.05, 0.1) is 26.2 Å². The van der Waals surface area contributed by atoms with Crippen molar-refractivity contribution in [3.05, 3.63) is 63.9 Å². The third-order valence-corrected chi connectivity index (χ3v) is 12.2. The van der Waals surface area contributed by atoms with E-state index in [1.165, 1.54) is 0 Å². The molecule has 1 aliphatic heterocycles. The molecule has 1 saturated heterocycles. The van der Waals surface area contributed by atoms with Crippen LogP contribution in [0, 0.1) is 0 Å². The van der Waals surface area contributed by atoms with E-state index in [1.807, 2.05) is 4.90 Å². The molecule has 2 heterocycles. The number of carboxylic acid groups (broad SMARTS) is 6. The van der Waals surface area contributed by atoms with E-state index in [-0.39, 0.29) is 142 Å². The van der Waals surface area contributed by atoms with Crippen LogP contribution in [0.4, 0.5) is 4.79 Å². The van der Waals surface area contributed by atoms with Crippen LogP contribution in [0.25, 0.3) is 0 Å². The molecular weight excluding hydrogens is 1040 g/mol. The fourth-order valence-corrected chi connectivity index (χ4v) is 7.92. The monoisotopic (exact) mass is 1110 g/mol. The number of carbonyl (C=O) groups excluding carboxylic acids is 4. The van der Waals surface area contributed by atoms with E-state index < -0.39 is 66.8 Å². The Kier molecular flexibility index (Phi) is 27.5. The molecule has 0 unspecified atom stereocenters. The smallest absolute Gasteiger partial charge is 0.326 e. The molecule has 1 aromatic carbocycles. The number of aromatic nitrogens is 1. The number of hydrogen-bond donors (Lipinski definition) is 10. The number of halogens is 1. The van der Waals surface area contributed by atoms with Gasteiger partial charge >= 0.3 is 41.8 Å². The predicted molar refractivity (Wildman–Crippen MR) is 266 cm³/mol. The van der Waals surface area contributed by atoms with Gasteiger partial charge in [0.25, 0.3) is 5.91 Å². The maximum Gasteiger partial charge on any atom is 0.326 e. The summed E-state index contributed by atoms with van der Waals surface area (Å²) in [6.45, 7) is 2.06. The Morgan fingerprint density at radius 2 is 1.07 bits per heavy atom. The number of nitrogens with one attached hydrogen (secondary N) is 4. The molecule has 408 valence electrons. The number of nitrogens with zero attached hydrogens (tertiary/aromatic N) is 6. The van der Waals surface area contributed by atoms with Gasteiger partial charge in [-0.25, -0.2) is 19.4 Å². The summed E-state index contributed by atoms with van der Waals surface area (Å²) in [4.78, 5) is 134. The fraction of sp³-hybridized carbons (Fsp3) is 0.553. The summed E-state index contributed by atoms with van der Waals surface area (Å²) in [6.07, 6.45) is 2.30. The van der Waals surface area contributed by atoms with Crippen molar-refractivity contribution in [2.45, 2.75) is 76.5 Å². The van der Waals surface area contributed by atoms with E-state index in [1.54, 1.807) is 62.2 Å². The van der Waals surface area contributed by atoms with E-state index in [9.17, 15) is 73.5 Å². The first-order valence-electron chi connectivity index (χ1n) is 24.0. The quantitative estimate of drug-likeness (QED) is 0.0366. The molecule has 1 fully saturated rings. The minimum absolute atomic E-state index is 0.0463. The number of carboxylic acids is 6. The molecule has 2 atom stereocenters. The molecule has 3 rings (SSSR count). The predicted octanol–water partition coefficient (Wildman–Crippen LogP) is 0.105. The van der Waals surface area contributed by atoms with Crippen LogP contribution in [0.2, 0.25) is 0 Å². The third-order valence-electron chi connectivity index (χ3n) is 11.7. The molecule has 1 aromatic heterocycles. The van der Waals surface area contributed by atoms with Crippen molar-refractivity contribution in [3.63, 3.8) is 0 Å². The number of urea groups is 1. The minimum Gasteiger partial charge on any atom is -0.481 e. The normalized spacial score (nSPS) is 15.0. The average molecular weight is 1110 g/mol. The van der Waals surface area contributed by atoms with Gasteiger partial charge in [0, 0.05) is 103 Å². The van der Waals surface area contributed by atoms with Gasteiger partial charge < -0.3 is 56.8 Å². The maximum absolute atomic E-state index is 13.5. The number of rotatable bonds is 30. The zero-order chi connectivity index (χ0) is 54.6. The van der Waals surface area contributed by atoms with Gasteiger partial charge in [0.1, 0.15) is 16.7 Å². The van der Waals surface area contributed by atoms with Crippen LogP contribution >= 0.6 is 15.9 Å². The molecule has 10 N–H and O–H groups in total.